The molecule has 1 spiro atoms. The number of allylic oxidation sites excluding steroid dienone is 1. The zero-order valence-corrected chi connectivity index (χ0v) is 24.6. The summed E-state index contributed by atoms with van der Waals surface area (Å²) in [4.78, 5) is 17.9. The van der Waals surface area contributed by atoms with Gasteiger partial charge in [-0.2, -0.15) is 0 Å². The molecule has 214 valence electrons. The van der Waals surface area contributed by atoms with E-state index < -0.39 is 5.60 Å². The second-order valence-corrected chi connectivity index (χ2v) is 11.1. The normalized spacial score (nSPS) is 24.0. The monoisotopic (exact) mass is 552 g/mol. The first kappa shape index (κ1) is 27.4. The van der Waals surface area contributed by atoms with Crippen molar-refractivity contribution in [3.63, 3.8) is 0 Å². The molecule has 0 radical (unpaired) electrons. The highest BCUT2D eigenvalue weighted by Gasteiger charge is 2.57. The van der Waals surface area contributed by atoms with Crippen molar-refractivity contribution < 1.29 is 19.4 Å². The lowest BCUT2D eigenvalue weighted by Crippen LogP contribution is -2.42. The largest absolute Gasteiger partial charge is 0.507 e. The first-order valence-electron chi connectivity index (χ1n) is 15.1. The number of carbonyl (C=O) groups excluding carboxylic acids is 1. The summed E-state index contributed by atoms with van der Waals surface area (Å²) < 4.78 is 13.3. The molecular weight excluding hydrogens is 512 g/mol. The standard InChI is InChI=1S/C35H40N2O4/c1-5-36(6-2)25-17-16-23(31(38)21-25)20-24-12-11-15-30-33(24)40-32-22-26(37(7-3)8-4)18-19-29(32)35(30)28-14-10-9-13-27(28)34(39)41-35/h9-10,13-14,16-17,19-22,26,38H,5-8,11-12,15,18H2,1-4H3/b24-20+. The molecule has 0 saturated heterocycles. The third kappa shape index (κ3) is 4.40. The van der Waals surface area contributed by atoms with Crippen molar-refractivity contribution in [3.05, 3.63) is 99.5 Å². The molecule has 2 aromatic carbocycles. The van der Waals surface area contributed by atoms with Gasteiger partial charge in [0.1, 0.15) is 17.3 Å². The van der Waals surface area contributed by atoms with E-state index in [4.69, 9.17) is 9.47 Å². The van der Waals surface area contributed by atoms with E-state index in [0.29, 0.717) is 5.56 Å². The number of benzene rings is 2. The van der Waals surface area contributed by atoms with E-state index in [1.54, 1.807) is 0 Å². The number of phenols is 1. The molecule has 0 amide bonds. The first-order valence-corrected chi connectivity index (χ1v) is 15.1. The van der Waals surface area contributed by atoms with E-state index in [1.165, 1.54) is 0 Å². The van der Waals surface area contributed by atoms with Gasteiger partial charge in [0.05, 0.1) is 5.56 Å². The summed E-state index contributed by atoms with van der Waals surface area (Å²) in [5.41, 5.74) is 5.23. The Morgan fingerprint density at radius 1 is 1.02 bits per heavy atom. The number of nitrogens with zero attached hydrogens (tertiary/aromatic N) is 2. The second-order valence-electron chi connectivity index (χ2n) is 11.1. The highest BCUT2D eigenvalue weighted by Crippen LogP contribution is 2.58. The van der Waals surface area contributed by atoms with E-state index in [1.807, 2.05) is 42.5 Å². The Kier molecular flexibility index (Phi) is 7.28. The number of hydrogen-bond acceptors (Lipinski definition) is 6. The molecule has 1 N–H and O–H groups in total. The van der Waals surface area contributed by atoms with Crippen LogP contribution >= 0.6 is 0 Å². The Labute approximate surface area is 243 Å². The predicted octanol–water partition coefficient (Wildman–Crippen LogP) is 7.08. The van der Waals surface area contributed by atoms with Gasteiger partial charge in [-0.15, -0.1) is 0 Å². The lowest BCUT2D eigenvalue weighted by molar-refractivity contribution is 0.0134. The fourth-order valence-corrected chi connectivity index (χ4v) is 7.04. The van der Waals surface area contributed by atoms with Gasteiger partial charge < -0.3 is 19.5 Å². The summed E-state index contributed by atoms with van der Waals surface area (Å²) in [6, 6.07) is 13.9. The zero-order chi connectivity index (χ0) is 28.7. The highest BCUT2D eigenvalue weighted by molar-refractivity contribution is 5.96. The molecule has 2 unspecified atom stereocenters. The maximum atomic E-state index is 13.3. The fraction of sp³-hybridized carbons (Fsp3) is 0.400. The quantitative estimate of drug-likeness (QED) is 0.371. The number of carbonyl (C=O) groups is 1. The molecule has 4 aliphatic rings. The van der Waals surface area contributed by atoms with Crippen LogP contribution in [0.15, 0.2) is 82.9 Å². The third-order valence-corrected chi connectivity index (χ3v) is 9.15. The zero-order valence-electron chi connectivity index (χ0n) is 24.6. The topological polar surface area (TPSA) is 62.2 Å². The van der Waals surface area contributed by atoms with Gasteiger partial charge in [0.2, 0.25) is 0 Å². The molecule has 6 nitrogen and oxygen atoms in total. The molecule has 2 aromatic rings. The fourth-order valence-electron chi connectivity index (χ4n) is 7.04. The van der Waals surface area contributed by atoms with Gasteiger partial charge in [-0.25, -0.2) is 4.79 Å². The van der Waals surface area contributed by atoms with Crippen LogP contribution in [0.3, 0.4) is 0 Å². The molecule has 2 heterocycles. The molecule has 2 atom stereocenters. The molecule has 0 fully saturated rings. The summed E-state index contributed by atoms with van der Waals surface area (Å²) in [7, 11) is 0. The summed E-state index contributed by atoms with van der Waals surface area (Å²) in [6.07, 6.45) is 9.81. The Balaban J connectivity index is 1.51. The van der Waals surface area contributed by atoms with Crippen LogP contribution in [0.2, 0.25) is 0 Å². The lowest BCUT2D eigenvalue weighted by atomic mass is 9.70. The average Bonchev–Trinajstić information content (AvgIpc) is 3.28. The minimum Gasteiger partial charge on any atom is -0.507 e. The van der Waals surface area contributed by atoms with Crippen molar-refractivity contribution in [2.24, 2.45) is 0 Å². The summed E-state index contributed by atoms with van der Waals surface area (Å²) >= 11 is 0. The van der Waals surface area contributed by atoms with Gasteiger partial charge >= 0.3 is 5.97 Å². The van der Waals surface area contributed by atoms with Gasteiger partial charge in [0, 0.05) is 53.2 Å². The Morgan fingerprint density at radius 2 is 1.80 bits per heavy atom. The number of rotatable bonds is 7. The molecule has 6 rings (SSSR count). The Hall–Kier alpha value is -3.77. The smallest absolute Gasteiger partial charge is 0.340 e. The molecule has 0 aromatic heterocycles. The van der Waals surface area contributed by atoms with Crippen molar-refractivity contribution in [1.29, 1.82) is 0 Å². The lowest BCUT2D eigenvalue weighted by Gasteiger charge is -2.44. The highest BCUT2D eigenvalue weighted by atomic mass is 16.6. The molecule has 0 saturated carbocycles. The van der Waals surface area contributed by atoms with Crippen molar-refractivity contribution >= 4 is 17.7 Å². The van der Waals surface area contributed by atoms with Crippen LogP contribution in [-0.2, 0) is 15.1 Å². The van der Waals surface area contributed by atoms with Crippen LogP contribution in [0, 0.1) is 0 Å². The minimum absolute atomic E-state index is 0.211. The molecule has 0 bridgehead atoms. The van der Waals surface area contributed by atoms with Crippen LogP contribution in [0.25, 0.3) is 6.08 Å². The van der Waals surface area contributed by atoms with Crippen LogP contribution in [0.1, 0.15) is 74.9 Å². The second kappa shape index (κ2) is 10.9. The maximum absolute atomic E-state index is 13.3. The number of aromatic hydroxyl groups is 1. The molecular formula is C35H40N2O4. The minimum atomic E-state index is -0.991. The summed E-state index contributed by atoms with van der Waals surface area (Å²) in [5, 5.41) is 11.0. The van der Waals surface area contributed by atoms with Crippen LogP contribution in [-0.4, -0.2) is 48.2 Å². The molecule has 2 aliphatic carbocycles. The number of anilines is 1. The first-order chi connectivity index (χ1) is 19.9. The number of hydrogen-bond donors (Lipinski definition) is 1. The third-order valence-electron chi connectivity index (χ3n) is 9.15. The van der Waals surface area contributed by atoms with Crippen molar-refractivity contribution in [2.45, 2.75) is 65.0 Å². The Morgan fingerprint density at radius 3 is 2.54 bits per heavy atom. The summed E-state index contributed by atoms with van der Waals surface area (Å²) in [5.74, 6) is 1.50. The number of likely N-dealkylation sites (N-methyl/N-ethyl adjacent to an activating group) is 1. The molecule has 6 heteroatoms. The van der Waals surface area contributed by atoms with Crippen LogP contribution < -0.4 is 4.90 Å². The maximum Gasteiger partial charge on any atom is 0.340 e. The van der Waals surface area contributed by atoms with Gasteiger partial charge in [-0.05, 0) is 88.5 Å². The number of esters is 1. The number of fused-ring (bicyclic) bond motifs is 5. The van der Waals surface area contributed by atoms with Crippen LogP contribution in [0.4, 0.5) is 5.69 Å². The molecule has 2 aliphatic heterocycles. The van der Waals surface area contributed by atoms with Gasteiger partial charge in [0.15, 0.2) is 5.60 Å². The van der Waals surface area contributed by atoms with Crippen molar-refractivity contribution in [1.82, 2.24) is 4.90 Å². The number of phenolic OH excluding ortho intramolecular Hbond substituents is 1. The van der Waals surface area contributed by atoms with Gasteiger partial charge in [-0.3, -0.25) is 4.90 Å². The van der Waals surface area contributed by atoms with E-state index in [0.717, 1.165) is 96.9 Å². The predicted molar refractivity (Wildman–Crippen MR) is 163 cm³/mol. The summed E-state index contributed by atoms with van der Waals surface area (Å²) in [6.45, 7) is 12.2. The average molecular weight is 553 g/mol. The van der Waals surface area contributed by atoms with Gasteiger partial charge in [0.25, 0.3) is 0 Å². The van der Waals surface area contributed by atoms with Crippen molar-refractivity contribution in [2.75, 3.05) is 31.1 Å². The molecule has 41 heavy (non-hydrogen) atoms. The van der Waals surface area contributed by atoms with E-state index in [-0.39, 0.29) is 17.8 Å². The van der Waals surface area contributed by atoms with Gasteiger partial charge in [-0.1, -0.05) is 38.1 Å². The van der Waals surface area contributed by atoms with E-state index in [9.17, 15) is 9.90 Å². The van der Waals surface area contributed by atoms with Crippen molar-refractivity contribution in [3.8, 4) is 5.75 Å². The van der Waals surface area contributed by atoms with E-state index >= 15 is 0 Å². The number of ether oxygens (including phenoxy) is 2. The Bertz CT molecular complexity index is 1490. The van der Waals surface area contributed by atoms with Crippen LogP contribution in [0.5, 0.6) is 5.75 Å². The van der Waals surface area contributed by atoms with E-state index in [2.05, 4.69) is 55.7 Å². The SMILES string of the molecule is CCN(CC)c1ccc(/C=C2\CCCC3=C2OC2=CC(N(CC)CC)CC=C2C32OC(=O)c3ccccc32)c(O)c1.